The maximum Gasteiger partial charge on any atom is 0.0312 e. The van der Waals surface area contributed by atoms with E-state index in [0.717, 1.165) is 30.0 Å². The lowest BCUT2D eigenvalue weighted by Gasteiger charge is -2.46. The summed E-state index contributed by atoms with van der Waals surface area (Å²) in [6.45, 7) is 28.0. The first-order chi connectivity index (χ1) is 18.3. The monoisotopic (exact) mass is 528 g/mol. The van der Waals surface area contributed by atoms with E-state index in [1.54, 1.807) is 0 Å². The van der Waals surface area contributed by atoms with Crippen LogP contribution in [0.1, 0.15) is 79.6 Å². The standard InChI is InChI=1S/C32H60N6/c1-25(2)34-12-9-30(22-34)35-11-8-27(20-35)17-31(36-14-13-33-10-6-7-29(33)23-36)18-28-19-32(5)24-37(26(3)4)15-16-38(32)21-28/h25-31H,6-24H2,1-5H3/t27?,28?,29?,30?,31-,32?/m1/s1. The normalized spacial score (nSPS) is 39.6. The summed E-state index contributed by atoms with van der Waals surface area (Å²) >= 11 is 0. The average Bonchev–Trinajstić information content (AvgIpc) is 3.67. The second-order valence-corrected chi connectivity index (χ2v) is 15.2. The molecule has 0 saturated carbocycles. The van der Waals surface area contributed by atoms with Gasteiger partial charge in [-0.05, 0) is 104 Å². The maximum atomic E-state index is 3.01. The number of rotatable bonds is 8. The lowest BCUT2D eigenvalue weighted by Crippen LogP contribution is -2.58. The average molecular weight is 529 g/mol. The van der Waals surface area contributed by atoms with E-state index < -0.39 is 0 Å². The van der Waals surface area contributed by atoms with Gasteiger partial charge >= 0.3 is 0 Å². The van der Waals surface area contributed by atoms with Gasteiger partial charge in [-0.3, -0.25) is 29.4 Å². The molecule has 0 spiro atoms. The minimum Gasteiger partial charge on any atom is -0.299 e. The number of fused-ring (bicyclic) bond motifs is 2. The van der Waals surface area contributed by atoms with Gasteiger partial charge in [0.05, 0.1) is 0 Å². The van der Waals surface area contributed by atoms with E-state index in [-0.39, 0.29) is 0 Å². The van der Waals surface area contributed by atoms with Crippen molar-refractivity contribution < 1.29 is 0 Å². The molecule has 0 radical (unpaired) electrons. The zero-order valence-corrected chi connectivity index (χ0v) is 25.7. The summed E-state index contributed by atoms with van der Waals surface area (Å²) in [6, 6.07) is 3.85. The zero-order chi connectivity index (χ0) is 26.4. The van der Waals surface area contributed by atoms with Gasteiger partial charge in [0.1, 0.15) is 0 Å². The van der Waals surface area contributed by atoms with Gasteiger partial charge < -0.3 is 0 Å². The van der Waals surface area contributed by atoms with Crippen LogP contribution in [0.2, 0.25) is 0 Å². The van der Waals surface area contributed by atoms with Crippen LogP contribution in [-0.2, 0) is 0 Å². The topological polar surface area (TPSA) is 19.4 Å². The highest BCUT2D eigenvalue weighted by Crippen LogP contribution is 2.40. The molecule has 0 aliphatic carbocycles. The summed E-state index contributed by atoms with van der Waals surface area (Å²) in [5.74, 6) is 1.79. The smallest absolute Gasteiger partial charge is 0.0312 e. The van der Waals surface area contributed by atoms with Gasteiger partial charge in [-0.15, -0.1) is 0 Å². The Balaban J connectivity index is 1.10. The van der Waals surface area contributed by atoms with E-state index in [1.807, 2.05) is 0 Å². The van der Waals surface area contributed by atoms with Gasteiger partial charge in [0.2, 0.25) is 0 Å². The molecule has 0 bridgehead atoms. The van der Waals surface area contributed by atoms with Gasteiger partial charge in [0.15, 0.2) is 0 Å². The molecule has 0 aromatic heterocycles. The molecule has 5 unspecified atom stereocenters. The summed E-state index contributed by atoms with van der Waals surface area (Å²) in [5, 5.41) is 0. The number of nitrogens with zero attached hydrogens (tertiary/aromatic N) is 6. The molecular weight excluding hydrogens is 468 g/mol. The molecule has 6 heterocycles. The van der Waals surface area contributed by atoms with Crippen molar-refractivity contribution in [3.63, 3.8) is 0 Å². The van der Waals surface area contributed by atoms with Crippen molar-refractivity contribution in [2.45, 2.75) is 115 Å². The summed E-state index contributed by atoms with van der Waals surface area (Å²) in [4.78, 5) is 17.1. The SMILES string of the molecule is CC(C)N1CCC(N2CCC(C[C@H](CC3CN4CCN(C(C)C)CC4(C)C3)N3CCN4CCCC4C3)C2)C1. The van der Waals surface area contributed by atoms with E-state index in [1.165, 1.54) is 123 Å². The number of hydrogen-bond acceptors (Lipinski definition) is 6. The molecule has 6 saturated heterocycles. The zero-order valence-electron chi connectivity index (χ0n) is 25.7. The van der Waals surface area contributed by atoms with E-state index in [2.05, 4.69) is 64.0 Å². The highest BCUT2D eigenvalue weighted by atomic mass is 15.3. The molecule has 218 valence electrons. The van der Waals surface area contributed by atoms with Crippen molar-refractivity contribution in [1.29, 1.82) is 0 Å². The largest absolute Gasteiger partial charge is 0.299 e. The lowest BCUT2D eigenvalue weighted by atomic mass is 9.85. The van der Waals surface area contributed by atoms with E-state index >= 15 is 0 Å². The third kappa shape index (κ3) is 5.87. The fraction of sp³-hybridized carbons (Fsp3) is 1.00. The van der Waals surface area contributed by atoms with Crippen LogP contribution in [0, 0.1) is 11.8 Å². The van der Waals surface area contributed by atoms with Crippen molar-refractivity contribution in [2.24, 2.45) is 11.8 Å². The van der Waals surface area contributed by atoms with Gasteiger partial charge in [-0.1, -0.05) is 0 Å². The van der Waals surface area contributed by atoms with E-state index in [0.29, 0.717) is 17.6 Å². The molecule has 6 aliphatic rings. The number of likely N-dealkylation sites (tertiary alicyclic amines) is 2. The van der Waals surface area contributed by atoms with E-state index in [4.69, 9.17) is 0 Å². The first-order valence-electron chi connectivity index (χ1n) is 16.7. The quantitative estimate of drug-likeness (QED) is 0.477. The third-order valence-electron chi connectivity index (χ3n) is 12.0. The molecule has 6 fully saturated rings. The molecule has 0 aromatic rings. The Kier molecular flexibility index (Phi) is 8.49. The van der Waals surface area contributed by atoms with E-state index in [9.17, 15) is 0 Å². The van der Waals surface area contributed by atoms with Crippen molar-refractivity contribution in [2.75, 3.05) is 78.5 Å². The first kappa shape index (κ1) is 27.9. The molecular formula is C32H60N6. The Morgan fingerprint density at radius 3 is 2.16 bits per heavy atom. The van der Waals surface area contributed by atoms with Gasteiger partial charge in [-0.25, -0.2) is 0 Å². The van der Waals surface area contributed by atoms with Crippen LogP contribution in [0.25, 0.3) is 0 Å². The number of piperazine rings is 2. The van der Waals surface area contributed by atoms with Crippen LogP contribution in [0.15, 0.2) is 0 Å². The Hall–Kier alpha value is -0.240. The van der Waals surface area contributed by atoms with Crippen molar-refractivity contribution in [3.8, 4) is 0 Å². The molecule has 6 heteroatoms. The van der Waals surface area contributed by atoms with Crippen LogP contribution < -0.4 is 0 Å². The van der Waals surface area contributed by atoms with Crippen molar-refractivity contribution >= 4 is 0 Å². The van der Waals surface area contributed by atoms with Crippen LogP contribution in [-0.4, -0.2) is 144 Å². The van der Waals surface area contributed by atoms with Gasteiger partial charge in [-0.2, -0.15) is 0 Å². The van der Waals surface area contributed by atoms with Crippen molar-refractivity contribution in [1.82, 2.24) is 29.4 Å². The predicted octanol–water partition coefficient (Wildman–Crippen LogP) is 3.52. The molecule has 6 rings (SSSR count). The van der Waals surface area contributed by atoms with Gasteiger partial charge in [0, 0.05) is 101 Å². The first-order valence-corrected chi connectivity index (χ1v) is 16.7. The van der Waals surface area contributed by atoms with Crippen LogP contribution in [0.3, 0.4) is 0 Å². The highest BCUT2D eigenvalue weighted by molar-refractivity contribution is 5.03. The number of hydrogen-bond donors (Lipinski definition) is 0. The summed E-state index contributed by atoms with van der Waals surface area (Å²) in [5.41, 5.74) is 0.400. The molecule has 6 nitrogen and oxygen atoms in total. The molecule has 0 amide bonds. The molecule has 0 aromatic carbocycles. The Bertz CT molecular complexity index is 788. The predicted molar refractivity (Wildman–Crippen MR) is 159 cm³/mol. The lowest BCUT2D eigenvalue weighted by molar-refractivity contribution is 0.0244. The Morgan fingerprint density at radius 1 is 0.632 bits per heavy atom. The third-order valence-corrected chi connectivity index (χ3v) is 12.0. The molecule has 38 heavy (non-hydrogen) atoms. The summed E-state index contributed by atoms with van der Waals surface area (Å²) in [6.07, 6.45) is 10.0. The van der Waals surface area contributed by atoms with Crippen LogP contribution in [0.4, 0.5) is 0 Å². The van der Waals surface area contributed by atoms with Crippen LogP contribution >= 0.6 is 0 Å². The fourth-order valence-electron chi connectivity index (χ4n) is 9.67. The maximum absolute atomic E-state index is 3.01. The van der Waals surface area contributed by atoms with Crippen molar-refractivity contribution in [3.05, 3.63) is 0 Å². The Labute approximate surface area is 235 Å². The highest BCUT2D eigenvalue weighted by Gasteiger charge is 2.47. The molecule has 6 aliphatic heterocycles. The molecule has 0 N–H and O–H groups in total. The summed E-state index contributed by atoms with van der Waals surface area (Å²) in [7, 11) is 0. The summed E-state index contributed by atoms with van der Waals surface area (Å²) < 4.78 is 0. The molecule has 6 atom stereocenters. The second kappa shape index (κ2) is 11.6. The fourth-order valence-corrected chi connectivity index (χ4v) is 9.67. The van der Waals surface area contributed by atoms with Gasteiger partial charge in [0.25, 0.3) is 0 Å². The Morgan fingerprint density at radius 2 is 1.37 bits per heavy atom. The van der Waals surface area contributed by atoms with Crippen LogP contribution in [0.5, 0.6) is 0 Å². The minimum absolute atomic E-state index is 0.400. The second-order valence-electron chi connectivity index (χ2n) is 15.2. The minimum atomic E-state index is 0.400.